The molecule has 0 saturated carbocycles. The van der Waals surface area contributed by atoms with Crippen molar-refractivity contribution >= 4 is 32.6 Å². The molecule has 0 atom stereocenters. The number of furan rings is 1. The van der Waals surface area contributed by atoms with Crippen molar-refractivity contribution in [3.05, 3.63) is 58.3 Å². The van der Waals surface area contributed by atoms with Crippen LogP contribution in [-0.4, -0.2) is 32.3 Å². The van der Waals surface area contributed by atoms with Gasteiger partial charge in [-0.15, -0.1) is 0 Å². The maximum absolute atomic E-state index is 13.5. The van der Waals surface area contributed by atoms with Crippen molar-refractivity contribution < 1.29 is 17.6 Å². The molecular weight excluding hydrogens is 438 g/mol. The third kappa shape index (κ3) is 4.33. The van der Waals surface area contributed by atoms with Gasteiger partial charge in [-0.3, -0.25) is 9.52 Å². The highest BCUT2D eigenvalue weighted by atomic mass is 32.2. The lowest BCUT2D eigenvalue weighted by molar-refractivity contribution is 0.0731. The maximum atomic E-state index is 13.5. The summed E-state index contributed by atoms with van der Waals surface area (Å²) in [5.74, 6) is -0.00115. The normalized spacial score (nSPS) is 14.7. The lowest BCUT2D eigenvalue weighted by atomic mass is 10.0. The van der Waals surface area contributed by atoms with Crippen LogP contribution in [-0.2, 0) is 10.0 Å². The highest BCUT2D eigenvalue weighted by Crippen LogP contribution is 2.36. The molecule has 4 rings (SSSR count). The van der Waals surface area contributed by atoms with Crippen LogP contribution in [0.2, 0.25) is 0 Å². The van der Waals surface area contributed by atoms with Crippen molar-refractivity contribution in [2.24, 2.45) is 0 Å². The smallest absolute Gasteiger partial charge is 0.289 e. The number of sulfonamides is 1. The van der Waals surface area contributed by atoms with Gasteiger partial charge in [0, 0.05) is 24.0 Å². The van der Waals surface area contributed by atoms with Crippen molar-refractivity contribution in [2.45, 2.75) is 51.3 Å². The van der Waals surface area contributed by atoms with E-state index in [2.05, 4.69) is 4.72 Å². The second-order valence-corrected chi connectivity index (χ2v) is 10.2. The summed E-state index contributed by atoms with van der Waals surface area (Å²) in [6.45, 7) is 6.71. The quantitative estimate of drug-likeness (QED) is 0.581. The van der Waals surface area contributed by atoms with Gasteiger partial charge in [-0.2, -0.15) is 5.26 Å². The van der Waals surface area contributed by atoms with E-state index >= 15 is 0 Å². The van der Waals surface area contributed by atoms with Gasteiger partial charge in [0.2, 0.25) is 0 Å². The van der Waals surface area contributed by atoms with E-state index in [1.807, 2.05) is 19.1 Å². The molecule has 0 bridgehead atoms. The van der Waals surface area contributed by atoms with Crippen LogP contribution in [0.1, 0.15) is 58.5 Å². The summed E-state index contributed by atoms with van der Waals surface area (Å²) in [6.07, 6.45) is 4.10. The van der Waals surface area contributed by atoms with E-state index in [1.165, 1.54) is 6.07 Å². The summed E-state index contributed by atoms with van der Waals surface area (Å²) in [5, 5.41) is 9.74. The SMILES string of the molecule is Cc1cc2c(C)c(C(=O)N3CCCCCC3)oc2c(S(=O)(=O)Nc2cccc(C#N)c2)c1C. The van der Waals surface area contributed by atoms with Gasteiger partial charge in [0.1, 0.15) is 4.90 Å². The molecule has 0 radical (unpaired) electrons. The van der Waals surface area contributed by atoms with E-state index in [0.29, 0.717) is 35.2 Å². The van der Waals surface area contributed by atoms with Crippen LogP contribution < -0.4 is 4.72 Å². The number of aryl methyl sites for hydroxylation is 2. The minimum atomic E-state index is -4.06. The number of anilines is 1. The molecular formula is C25H27N3O4S. The molecule has 33 heavy (non-hydrogen) atoms. The van der Waals surface area contributed by atoms with Gasteiger partial charge in [0.25, 0.3) is 15.9 Å². The Labute approximate surface area is 194 Å². The molecule has 1 N–H and O–H groups in total. The standard InChI is InChI=1S/C25H27N3O4S/c1-16-13-21-18(3)22(25(29)28-11-6-4-5-7-12-28)32-23(21)24(17(16)2)33(30,31)27-20-10-8-9-19(14-20)15-26/h8-10,13-14,27H,4-7,11-12H2,1-3H3. The molecule has 1 aromatic heterocycles. The Morgan fingerprint density at radius 3 is 2.42 bits per heavy atom. The molecule has 3 aromatic rings. The summed E-state index contributed by atoms with van der Waals surface area (Å²) in [4.78, 5) is 15.1. The van der Waals surface area contributed by atoms with Crippen molar-refractivity contribution in [1.82, 2.24) is 4.90 Å². The van der Waals surface area contributed by atoms with Gasteiger partial charge in [-0.25, -0.2) is 8.42 Å². The predicted molar refractivity (Wildman–Crippen MR) is 127 cm³/mol. The molecule has 8 heteroatoms. The largest absolute Gasteiger partial charge is 0.449 e. The molecule has 1 aliphatic heterocycles. The Kier molecular flexibility index (Phi) is 6.17. The van der Waals surface area contributed by atoms with Gasteiger partial charge >= 0.3 is 0 Å². The lowest BCUT2D eigenvalue weighted by Crippen LogP contribution is -2.31. The first-order valence-corrected chi connectivity index (χ1v) is 12.6. The van der Waals surface area contributed by atoms with E-state index in [0.717, 1.165) is 31.2 Å². The Bertz CT molecular complexity index is 1370. The monoisotopic (exact) mass is 465 g/mol. The molecule has 1 saturated heterocycles. The number of nitrogens with one attached hydrogen (secondary N) is 1. The highest BCUT2D eigenvalue weighted by Gasteiger charge is 2.30. The fraction of sp³-hybridized carbons (Fsp3) is 0.360. The third-order valence-electron chi connectivity index (χ3n) is 6.29. The summed E-state index contributed by atoms with van der Waals surface area (Å²) in [5.41, 5.74) is 2.79. The van der Waals surface area contributed by atoms with Gasteiger partial charge < -0.3 is 9.32 Å². The molecule has 1 fully saturated rings. The number of carbonyl (C=O) groups excluding carboxylic acids is 1. The Hall–Kier alpha value is -3.31. The number of nitrogens with zero attached hydrogens (tertiary/aromatic N) is 2. The number of rotatable bonds is 4. The predicted octanol–water partition coefficient (Wildman–Crippen LogP) is 5.05. The first-order valence-electron chi connectivity index (χ1n) is 11.1. The average Bonchev–Trinajstić information content (AvgIpc) is 2.96. The molecule has 2 aromatic carbocycles. The Balaban J connectivity index is 1.82. The van der Waals surface area contributed by atoms with Crippen LogP contribution in [0.5, 0.6) is 0 Å². The number of likely N-dealkylation sites (tertiary alicyclic amines) is 1. The van der Waals surface area contributed by atoms with Crippen LogP contribution in [0.25, 0.3) is 11.0 Å². The number of nitriles is 1. The van der Waals surface area contributed by atoms with Gasteiger partial charge in [0.05, 0.1) is 17.3 Å². The van der Waals surface area contributed by atoms with Crippen LogP contribution in [0.3, 0.4) is 0 Å². The van der Waals surface area contributed by atoms with Gasteiger partial charge in [0.15, 0.2) is 11.3 Å². The molecule has 0 aliphatic carbocycles. The van der Waals surface area contributed by atoms with Gasteiger partial charge in [-0.05, 0) is 69.0 Å². The molecule has 0 spiro atoms. The molecule has 1 aliphatic rings. The fourth-order valence-corrected chi connectivity index (χ4v) is 5.85. The molecule has 0 unspecified atom stereocenters. The first-order chi connectivity index (χ1) is 15.7. The Morgan fingerprint density at radius 1 is 1.06 bits per heavy atom. The number of hydrogen-bond acceptors (Lipinski definition) is 5. The Morgan fingerprint density at radius 2 is 1.76 bits per heavy atom. The maximum Gasteiger partial charge on any atom is 0.289 e. The van der Waals surface area contributed by atoms with Crippen LogP contribution in [0.4, 0.5) is 5.69 Å². The van der Waals surface area contributed by atoms with Crippen molar-refractivity contribution in [2.75, 3.05) is 17.8 Å². The van der Waals surface area contributed by atoms with E-state index < -0.39 is 10.0 Å². The van der Waals surface area contributed by atoms with Crippen molar-refractivity contribution in [3.63, 3.8) is 0 Å². The van der Waals surface area contributed by atoms with Crippen LogP contribution >= 0.6 is 0 Å². The molecule has 1 amide bonds. The van der Waals surface area contributed by atoms with Crippen LogP contribution in [0, 0.1) is 32.1 Å². The van der Waals surface area contributed by atoms with Crippen LogP contribution in [0.15, 0.2) is 39.6 Å². The van der Waals surface area contributed by atoms with E-state index in [9.17, 15) is 13.2 Å². The van der Waals surface area contributed by atoms with E-state index in [1.54, 1.807) is 36.9 Å². The zero-order valence-electron chi connectivity index (χ0n) is 19.1. The zero-order chi connectivity index (χ0) is 23.8. The number of benzene rings is 2. The van der Waals surface area contributed by atoms with E-state index in [4.69, 9.17) is 9.68 Å². The zero-order valence-corrected chi connectivity index (χ0v) is 19.9. The number of amides is 1. The second kappa shape index (κ2) is 8.91. The second-order valence-electron chi connectivity index (χ2n) is 8.58. The minimum absolute atomic E-state index is 0.0119. The first kappa shape index (κ1) is 22.9. The number of carbonyl (C=O) groups is 1. The van der Waals surface area contributed by atoms with Crippen molar-refractivity contribution in [3.8, 4) is 6.07 Å². The van der Waals surface area contributed by atoms with Gasteiger partial charge in [-0.1, -0.05) is 18.9 Å². The minimum Gasteiger partial charge on any atom is -0.449 e. The highest BCUT2D eigenvalue weighted by molar-refractivity contribution is 7.93. The van der Waals surface area contributed by atoms with E-state index in [-0.39, 0.29) is 27.8 Å². The summed E-state index contributed by atoms with van der Waals surface area (Å²) < 4.78 is 35.5. The third-order valence-corrected chi connectivity index (χ3v) is 7.83. The summed E-state index contributed by atoms with van der Waals surface area (Å²) >= 11 is 0. The lowest BCUT2D eigenvalue weighted by Gasteiger charge is -2.19. The molecule has 172 valence electrons. The number of fused-ring (bicyclic) bond motifs is 1. The van der Waals surface area contributed by atoms with Crippen molar-refractivity contribution in [1.29, 1.82) is 5.26 Å². The molecule has 7 nitrogen and oxygen atoms in total. The summed E-state index contributed by atoms with van der Waals surface area (Å²) in [7, 11) is -4.06. The topological polar surface area (TPSA) is 103 Å². The summed E-state index contributed by atoms with van der Waals surface area (Å²) in [6, 6.07) is 10.2. The average molecular weight is 466 g/mol. The molecule has 2 heterocycles. The number of hydrogen-bond donors (Lipinski definition) is 1. The fourth-order valence-electron chi connectivity index (χ4n) is 4.35.